The Bertz CT molecular complexity index is 875. The summed E-state index contributed by atoms with van der Waals surface area (Å²) in [5.74, 6) is -0.0384. The monoisotopic (exact) mass is 494 g/mol. The van der Waals surface area contributed by atoms with Gasteiger partial charge in [-0.3, -0.25) is 9.59 Å². The predicted octanol–water partition coefficient (Wildman–Crippen LogP) is 5.12. The Morgan fingerprint density at radius 3 is 2.67 bits per heavy atom. The number of nitrogens with one attached hydrogen (secondary N) is 1. The molecule has 1 atom stereocenters. The van der Waals surface area contributed by atoms with Gasteiger partial charge in [-0.1, -0.05) is 70.7 Å². The van der Waals surface area contributed by atoms with Crippen molar-refractivity contribution < 1.29 is 14.3 Å². The first kappa shape index (κ1) is 24.2. The minimum Gasteiger partial charge on any atom is -0.482 e. The molecule has 2 amide bonds. The zero-order valence-electron chi connectivity index (χ0n) is 17.6. The molecule has 0 radical (unpaired) electrons. The summed E-state index contributed by atoms with van der Waals surface area (Å²) in [6, 6.07) is 12.5. The van der Waals surface area contributed by atoms with Crippen LogP contribution in [-0.2, 0) is 16.1 Å². The van der Waals surface area contributed by atoms with Gasteiger partial charge in [-0.2, -0.15) is 0 Å². The Balaban J connectivity index is 2.13. The van der Waals surface area contributed by atoms with Crippen molar-refractivity contribution in [2.75, 3.05) is 13.2 Å². The van der Waals surface area contributed by atoms with Gasteiger partial charge in [0.15, 0.2) is 6.61 Å². The summed E-state index contributed by atoms with van der Waals surface area (Å²) >= 11 is 9.52. The SMILES string of the molecule is CCCCNC(=O)[C@H](C)N(Cc1cccc(C)c1)C(=O)COc1ccc(Br)cc1Cl. The van der Waals surface area contributed by atoms with E-state index in [0.29, 0.717) is 23.9 Å². The van der Waals surface area contributed by atoms with E-state index >= 15 is 0 Å². The van der Waals surface area contributed by atoms with E-state index in [2.05, 4.69) is 28.2 Å². The van der Waals surface area contributed by atoms with Crippen LogP contribution >= 0.6 is 27.5 Å². The zero-order valence-corrected chi connectivity index (χ0v) is 19.9. The highest BCUT2D eigenvalue weighted by molar-refractivity contribution is 9.10. The molecule has 0 bridgehead atoms. The normalized spacial score (nSPS) is 11.6. The van der Waals surface area contributed by atoms with E-state index in [1.54, 1.807) is 30.0 Å². The molecule has 0 unspecified atom stereocenters. The molecule has 2 aromatic carbocycles. The summed E-state index contributed by atoms with van der Waals surface area (Å²) in [4.78, 5) is 27.2. The minimum absolute atomic E-state index is 0.175. The van der Waals surface area contributed by atoms with Gasteiger partial charge in [0, 0.05) is 17.6 Å². The molecule has 0 saturated heterocycles. The fourth-order valence-electron chi connectivity index (χ4n) is 2.94. The number of hydrogen-bond acceptors (Lipinski definition) is 3. The number of nitrogens with zero attached hydrogens (tertiary/aromatic N) is 1. The third-order valence-corrected chi connectivity index (χ3v) is 5.47. The molecule has 30 heavy (non-hydrogen) atoms. The number of hydrogen-bond donors (Lipinski definition) is 1. The van der Waals surface area contributed by atoms with Crippen LogP contribution in [0.5, 0.6) is 5.75 Å². The quantitative estimate of drug-likeness (QED) is 0.465. The second-order valence-corrected chi connectivity index (χ2v) is 8.52. The van der Waals surface area contributed by atoms with Crippen LogP contribution in [0.15, 0.2) is 46.9 Å². The Labute approximate surface area is 191 Å². The van der Waals surface area contributed by atoms with Crippen molar-refractivity contribution in [3.05, 3.63) is 63.1 Å². The second kappa shape index (κ2) is 12.0. The first-order valence-corrected chi connectivity index (χ1v) is 11.2. The lowest BCUT2D eigenvalue weighted by atomic mass is 10.1. The van der Waals surface area contributed by atoms with Crippen LogP contribution in [0.1, 0.15) is 37.8 Å². The van der Waals surface area contributed by atoms with Gasteiger partial charge < -0.3 is 15.0 Å². The maximum absolute atomic E-state index is 13.0. The molecule has 0 saturated carbocycles. The van der Waals surface area contributed by atoms with E-state index in [9.17, 15) is 9.59 Å². The number of rotatable bonds is 10. The Morgan fingerprint density at radius 1 is 1.23 bits per heavy atom. The summed E-state index contributed by atoms with van der Waals surface area (Å²) in [7, 11) is 0. The van der Waals surface area contributed by atoms with Crippen LogP contribution in [0, 0.1) is 6.92 Å². The van der Waals surface area contributed by atoms with Crippen LogP contribution in [0.4, 0.5) is 0 Å². The molecular formula is C23H28BrClN2O3. The number of amides is 2. The number of benzene rings is 2. The summed E-state index contributed by atoms with van der Waals surface area (Å²) in [5.41, 5.74) is 2.05. The molecule has 7 heteroatoms. The highest BCUT2D eigenvalue weighted by Gasteiger charge is 2.26. The highest BCUT2D eigenvalue weighted by atomic mass is 79.9. The van der Waals surface area contributed by atoms with E-state index in [1.165, 1.54) is 0 Å². The van der Waals surface area contributed by atoms with Gasteiger partial charge in [-0.05, 0) is 44.0 Å². The topological polar surface area (TPSA) is 58.6 Å². The van der Waals surface area contributed by atoms with Crippen molar-refractivity contribution in [1.82, 2.24) is 10.2 Å². The molecule has 0 aliphatic heterocycles. The Morgan fingerprint density at radius 2 is 2.00 bits per heavy atom. The molecule has 5 nitrogen and oxygen atoms in total. The highest BCUT2D eigenvalue weighted by Crippen LogP contribution is 2.27. The van der Waals surface area contributed by atoms with Crippen molar-refractivity contribution in [3.8, 4) is 5.75 Å². The smallest absolute Gasteiger partial charge is 0.261 e. The van der Waals surface area contributed by atoms with Gasteiger partial charge in [0.05, 0.1) is 5.02 Å². The predicted molar refractivity (Wildman–Crippen MR) is 124 cm³/mol. The van der Waals surface area contributed by atoms with Crippen LogP contribution < -0.4 is 10.1 Å². The Hall–Kier alpha value is -2.05. The van der Waals surface area contributed by atoms with Crippen LogP contribution in [0.3, 0.4) is 0 Å². The van der Waals surface area contributed by atoms with Crippen molar-refractivity contribution in [2.45, 2.75) is 46.2 Å². The third kappa shape index (κ3) is 7.33. The summed E-state index contributed by atoms with van der Waals surface area (Å²) in [5, 5.41) is 3.32. The second-order valence-electron chi connectivity index (χ2n) is 7.19. The maximum Gasteiger partial charge on any atom is 0.261 e. The fourth-order valence-corrected chi connectivity index (χ4v) is 3.67. The lowest BCUT2D eigenvalue weighted by Gasteiger charge is -2.29. The van der Waals surface area contributed by atoms with Gasteiger partial charge in [0.1, 0.15) is 11.8 Å². The summed E-state index contributed by atoms with van der Waals surface area (Å²) in [6.45, 7) is 6.50. The molecule has 0 heterocycles. The first-order valence-electron chi connectivity index (χ1n) is 10.0. The van der Waals surface area contributed by atoms with Gasteiger partial charge >= 0.3 is 0 Å². The molecule has 0 aliphatic rings. The van der Waals surface area contributed by atoms with E-state index in [0.717, 1.165) is 28.4 Å². The van der Waals surface area contributed by atoms with Crippen molar-refractivity contribution in [2.24, 2.45) is 0 Å². The molecule has 2 aromatic rings. The van der Waals surface area contributed by atoms with Crippen LogP contribution in [-0.4, -0.2) is 35.9 Å². The van der Waals surface area contributed by atoms with E-state index in [-0.39, 0.29) is 18.4 Å². The number of ether oxygens (including phenoxy) is 1. The summed E-state index contributed by atoms with van der Waals surface area (Å²) < 4.78 is 6.47. The zero-order chi connectivity index (χ0) is 22.1. The Kier molecular flexibility index (Phi) is 9.66. The number of unbranched alkanes of at least 4 members (excludes halogenated alkanes) is 1. The molecule has 0 spiro atoms. The number of carbonyl (C=O) groups excluding carboxylic acids is 2. The molecular weight excluding hydrogens is 468 g/mol. The van der Waals surface area contributed by atoms with E-state index in [4.69, 9.17) is 16.3 Å². The number of aryl methyl sites for hydroxylation is 1. The fraction of sp³-hybridized carbons (Fsp3) is 0.391. The largest absolute Gasteiger partial charge is 0.482 e. The van der Waals surface area contributed by atoms with E-state index in [1.807, 2.05) is 31.2 Å². The van der Waals surface area contributed by atoms with Crippen molar-refractivity contribution in [1.29, 1.82) is 0 Å². The standard InChI is InChI=1S/C23H28BrClN2O3/c1-4-5-11-26-23(29)17(3)27(14-18-8-6-7-16(2)12-18)22(28)15-30-21-10-9-19(24)13-20(21)25/h6-10,12-13,17H,4-5,11,14-15H2,1-3H3,(H,26,29)/t17-/m0/s1. The molecule has 2 rings (SSSR count). The maximum atomic E-state index is 13.0. The molecule has 1 N–H and O–H groups in total. The molecule has 0 fully saturated rings. The van der Waals surface area contributed by atoms with E-state index < -0.39 is 6.04 Å². The molecule has 0 aliphatic carbocycles. The van der Waals surface area contributed by atoms with Gasteiger partial charge in [0.2, 0.25) is 5.91 Å². The van der Waals surface area contributed by atoms with Crippen molar-refractivity contribution >= 4 is 39.3 Å². The van der Waals surface area contributed by atoms with Gasteiger partial charge in [-0.25, -0.2) is 0 Å². The lowest BCUT2D eigenvalue weighted by molar-refractivity contribution is -0.142. The average Bonchev–Trinajstić information content (AvgIpc) is 2.71. The van der Waals surface area contributed by atoms with Crippen LogP contribution in [0.25, 0.3) is 0 Å². The number of carbonyl (C=O) groups is 2. The van der Waals surface area contributed by atoms with Gasteiger partial charge in [-0.15, -0.1) is 0 Å². The van der Waals surface area contributed by atoms with Crippen molar-refractivity contribution in [3.63, 3.8) is 0 Å². The average molecular weight is 496 g/mol. The first-order chi connectivity index (χ1) is 14.3. The van der Waals surface area contributed by atoms with Crippen LogP contribution in [0.2, 0.25) is 5.02 Å². The number of halogens is 2. The molecule has 162 valence electrons. The van der Waals surface area contributed by atoms with Gasteiger partial charge in [0.25, 0.3) is 5.91 Å². The minimum atomic E-state index is -0.626. The third-order valence-electron chi connectivity index (χ3n) is 4.68. The molecule has 0 aromatic heterocycles. The summed E-state index contributed by atoms with van der Waals surface area (Å²) in [6.07, 6.45) is 1.89. The lowest BCUT2D eigenvalue weighted by Crippen LogP contribution is -2.49.